The number of nitrogens with one attached hydrogen (secondary N) is 1. The molecule has 2 aromatic rings. The highest BCUT2D eigenvalue weighted by Gasteiger charge is 2.43. The molecule has 0 saturated carbocycles. The van der Waals surface area contributed by atoms with Crippen LogP contribution in [0.4, 0.5) is 11.4 Å². The second kappa shape index (κ2) is 6.92. The van der Waals surface area contributed by atoms with Crippen molar-refractivity contribution in [3.8, 4) is 5.75 Å². The maximum atomic E-state index is 13.3. The monoisotopic (exact) mass is 410 g/mol. The van der Waals surface area contributed by atoms with Gasteiger partial charge in [-0.15, -0.1) is 0 Å². The Morgan fingerprint density at radius 3 is 2.62 bits per heavy atom. The van der Waals surface area contributed by atoms with E-state index in [-0.39, 0.29) is 22.9 Å². The number of hydrogen-bond acceptors (Lipinski definition) is 4. The quantitative estimate of drug-likeness (QED) is 0.633. The van der Waals surface area contributed by atoms with Crippen molar-refractivity contribution in [2.45, 2.75) is 39.7 Å². The number of para-hydroxylation sites is 1. The van der Waals surface area contributed by atoms with Crippen LogP contribution in [0, 0.1) is 5.41 Å². The van der Waals surface area contributed by atoms with Gasteiger partial charge in [0.2, 0.25) is 5.91 Å². The van der Waals surface area contributed by atoms with Gasteiger partial charge >= 0.3 is 0 Å². The molecule has 4 rings (SSSR count). The lowest BCUT2D eigenvalue weighted by molar-refractivity contribution is -0.118. The number of ketones is 1. The summed E-state index contributed by atoms with van der Waals surface area (Å²) in [5.74, 6) is -0.203. The molecule has 150 valence electrons. The van der Waals surface area contributed by atoms with Crippen molar-refractivity contribution < 1.29 is 14.7 Å². The highest BCUT2D eigenvalue weighted by molar-refractivity contribution is 6.30. The molecule has 2 aliphatic rings. The molecule has 0 saturated heterocycles. The number of anilines is 2. The number of amides is 1. The Hall–Kier alpha value is -2.79. The second-order valence-electron chi connectivity index (χ2n) is 8.48. The van der Waals surface area contributed by atoms with Gasteiger partial charge in [0.05, 0.1) is 11.7 Å². The molecule has 1 heterocycles. The first kappa shape index (κ1) is 19.5. The zero-order chi connectivity index (χ0) is 20.9. The third-order valence-corrected chi connectivity index (χ3v) is 5.75. The molecular weight excluding hydrogens is 388 g/mol. The lowest BCUT2D eigenvalue weighted by Crippen LogP contribution is -2.38. The number of aromatic hydroxyl groups is 1. The van der Waals surface area contributed by atoms with Crippen molar-refractivity contribution in [3.63, 3.8) is 0 Å². The fourth-order valence-electron chi connectivity index (χ4n) is 4.38. The number of hydrogen-bond donors (Lipinski definition) is 2. The molecule has 1 aliphatic carbocycles. The number of carbonyl (C=O) groups is 2. The van der Waals surface area contributed by atoms with Gasteiger partial charge in [0.1, 0.15) is 11.4 Å². The van der Waals surface area contributed by atoms with Gasteiger partial charge < -0.3 is 10.4 Å². The number of benzene rings is 2. The summed E-state index contributed by atoms with van der Waals surface area (Å²) in [6.07, 6.45) is 1.02. The van der Waals surface area contributed by atoms with E-state index in [2.05, 4.69) is 5.32 Å². The fourth-order valence-corrected chi connectivity index (χ4v) is 4.58. The van der Waals surface area contributed by atoms with E-state index in [4.69, 9.17) is 11.6 Å². The summed E-state index contributed by atoms with van der Waals surface area (Å²) in [5, 5.41) is 14.4. The van der Waals surface area contributed by atoms with Gasteiger partial charge in [0.25, 0.3) is 0 Å². The summed E-state index contributed by atoms with van der Waals surface area (Å²) >= 11 is 6.25. The Kier molecular flexibility index (Phi) is 4.66. The van der Waals surface area contributed by atoms with Crippen molar-refractivity contribution in [1.29, 1.82) is 0 Å². The number of Topliss-reactive ketones (excluding diaryl/α,β-unsaturated/α-hetero) is 1. The summed E-state index contributed by atoms with van der Waals surface area (Å²) in [5.41, 5.74) is 2.79. The number of fused-ring (bicyclic) bond motifs is 1. The number of phenolic OH excluding ortho intramolecular Hbond substituents is 1. The third kappa shape index (κ3) is 3.40. The molecule has 0 fully saturated rings. The van der Waals surface area contributed by atoms with Gasteiger partial charge in [0.15, 0.2) is 5.78 Å². The summed E-state index contributed by atoms with van der Waals surface area (Å²) in [6, 6.07) is 11.6. The van der Waals surface area contributed by atoms with Crippen LogP contribution in [0.2, 0.25) is 5.02 Å². The molecule has 1 unspecified atom stereocenters. The highest BCUT2D eigenvalue weighted by Crippen LogP contribution is 2.50. The van der Waals surface area contributed by atoms with E-state index in [9.17, 15) is 14.7 Å². The first-order valence-electron chi connectivity index (χ1n) is 9.58. The predicted octanol–water partition coefficient (Wildman–Crippen LogP) is 5.21. The summed E-state index contributed by atoms with van der Waals surface area (Å²) in [7, 11) is 0. The van der Waals surface area contributed by atoms with Crippen molar-refractivity contribution in [3.05, 3.63) is 64.3 Å². The Morgan fingerprint density at radius 1 is 1.21 bits per heavy atom. The van der Waals surface area contributed by atoms with E-state index < -0.39 is 6.04 Å². The van der Waals surface area contributed by atoms with Gasteiger partial charge in [-0.05, 0) is 41.7 Å². The molecule has 6 heteroatoms. The Labute approximate surface area is 175 Å². The Bertz CT molecular complexity index is 1060. The third-order valence-electron chi connectivity index (χ3n) is 5.51. The predicted molar refractivity (Wildman–Crippen MR) is 114 cm³/mol. The van der Waals surface area contributed by atoms with Gasteiger partial charge in [-0.2, -0.15) is 0 Å². The first-order valence-corrected chi connectivity index (χ1v) is 9.96. The van der Waals surface area contributed by atoms with Gasteiger partial charge in [0, 0.05) is 29.6 Å². The Balaban J connectivity index is 2.05. The van der Waals surface area contributed by atoms with E-state index >= 15 is 0 Å². The molecule has 1 aliphatic heterocycles. The summed E-state index contributed by atoms with van der Waals surface area (Å²) in [6.45, 7) is 5.56. The van der Waals surface area contributed by atoms with Crippen LogP contribution in [0.25, 0.3) is 0 Å². The van der Waals surface area contributed by atoms with Crippen molar-refractivity contribution in [2.75, 3.05) is 10.2 Å². The molecule has 2 N–H and O–H groups in total. The first-order chi connectivity index (χ1) is 13.7. The summed E-state index contributed by atoms with van der Waals surface area (Å²) in [4.78, 5) is 27.8. The van der Waals surface area contributed by atoms with Gasteiger partial charge in [-0.3, -0.25) is 14.5 Å². The van der Waals surface area contributed by atoms with Crippen molar-refractivity contribution >= 4 is 34.7 Å². The minimum atomic E-state index is -0.625. The van der Waals surface area contributed by atoms with Crippen LogP contribution < -0.4 is 10.2 Å². The number of rotatable bonds is 1. The van der Waals surface area contributed by atoms with Crippen LogP contribution in [-0.4, -0.2) is 16.8 Å². The molecule has 0 bridgehead atoms. The molecule has 1 atom stereocenters. The number of phenols is 1. The average Bonchev–Trinajstić information content (AvgIpc) is 2.76. The molecule has 1 amide bonds. The lowest BCUT2D eigenvalue weighted by atomic mass is 9.73. The number of nitrogens with zero attached hydrogens (tertiary/aromatic N) is 1. The smallest absolute Gasteiger partial charge is 0.224 e. The Morgan fingerprint density at radius 2 is 1.93 bits per heavy atom. The van der Waals surface area contributed by atoms with E-state index in [1.807, 2.05) is 26.0 Å². The number of allylic oxidation sites excluding steroid dienone is 1. The molecule has 0 radical (unpaired) electrons. The lowest BCUT2D eigenvalue weighted by Gasteiger charge is -2.36. The minimum absolute atomic E-state index is 0.00716. The van der Waals surface area contributed by atoms with Crippen LogP contribution in [-0.2, 0) is 9.59 Å². The van der Waals surface area contributed by atoms with E-state index in [0.717, 1.165) is 11.3 Å². The maximum Gasteiger partial charge on any atom is 0.224 e. The second-order valence-corrected chi connectivity index (χ2v) is 8.91. The molecule has 0 spiro atoms. The van der Waals surface area contributed by atoms with Gasteiger partial charge in [-0.1, -0.05) is 43.6 Å². The van der Waals surface area contributed by atoms with Crippen LogP contribution in [0.15, 0.2) is 53.7 Å². The molecule has 5 nitrogen and oxygen atoms in total. The molecular formula is C23H23ClN2O3. The van der Waals surface area contributed by atoms with E-state index in [0.29, 0.717) is 34.8 Å². The molecule has 0 aromatic heterocycles. The maximum absolute atomic E-state index is 13.3. The van der Waals surface area contributed by atoms with Crippen LogP contribution in [0.3, 0.4) is 0 Å². The van der Waals surface area contributed by atoms with E-state index in [1.165, 1.54) is 6.92 Å². The number of carbonyl (C=O) groups excluding carboxylic acids is 2. The standard InChI is InChI=1S/C23H23ClN2O3/c1-13(27)26-17-8-5-9-18(28)21(17)25-16-11-23(2,3)12-19(29)20(16)22(26)14-6-4-7-15(24)10-14/h4-10,22,25,28H,11-12H2,1-3H3. The van der Waals surface area contributed by atoms with Crippen LogP contribution >= 0.6 is 11.6 Å². The fraction of sp³-hybridized carbons (Fsp3) is 0.304. The van der Waals surface area contributed by atoms with Crippen molar-refractivity contribution in [1.82, 2.24) is 0 Å². The van der Waals surface area contributed by atoms with Crippen LogP contribution in [0.1, 0.15) is 45.2 Å². The average molecular weight is 411 g/mol. The zero-order valence-electron chi connectivity index (χ0n) is 16.6. The molecule has 29 heavy (non-hydrogen) atoms. The van der Waals surface area contributed by atoms with Crippen LogP contribution in [0.5, 0.6) is 5.75 Å². The topological polar surface area (TPSA) is 69.6 Å². The van der Waals surface area contributed by atoms with Gasteiger partial charge in [-0.25, -0.2) is 0 Å². The SMILES string of the molecule is CC(=O)N1c2cccc(O)c2NC2=C(C(=O)CC(C)(C)C2)C1c1cccc(Cl)c1. The van der Waals surface area contributed by atoms with E-state index in [1.54, 1.807) is 35.2 Å². The zero-order valence-corrected chi connectivity index (χ0v) is 17.4. The highest BCUT2D eigenvalue weighted by atomic mass is 35.5. The molecule has 2 aromatic carbocycles. The largest absolute Gasteiger partial charge is 0.506 e. The number of halogens is 1. The normalized spacial score (nSPS) is 20.5. The van der Waals surface area contributed by atoms with Crippen molar-refractivity contribution in [2.24, 2.45) is 5.41 Å². The minimum Gasteiger partial charge on any atom is -0.506 e. The summed E-state index contributed by atoms with van der Waals surface area (Å²) < 4.78 is 0.